The molecule has 0 unspecified atom stereocenters. The molecule has 1 aliphatic rings. The third-order valence-electron chi connectivity index (χ3n) is 3.14. The van der Waals surface area contributed by atoms with Crippen molar-refractivity contribution in [3.05, 3.63) is 5.82 Å². The van der Waals surface area contributed by atoms with Crippen LogP contribution in [0.25, 0.3) is 0 Å². The van der Waals surface area contributed by atoms with Crippen molar-refractivity contribution < 1.29 is 0 Å². The molecule has 3 nitrogen and oxygen atoms in total. The van der Waals surface area contributed by atoms with Gasteiger partial charge < -0.3 is 5.32 Å². The third-order valence-corrected chi connectivity index (χ3v) is 3.85. The second-order valence-corrected chi connectivity index (χ2v) is 5.22. The van der Waals surface area contributed by atoms with Crippen molar-refractivity contribution in [3.63, 3.8) is 0 Å². The van der Waals surface area contributed by atoms with Crippen molar-refractivity contribution in [2.45, 2.75) is 46.0 Å². The molecule has 1 fully saturated rings. The summed E-state index contributed by atoms with van der Waals surface area (Å²) in [6, 6.07) is 0. The average molecular weight is 225 g/mol. The second-order valence-electron chi connectivity index (χ2n) is 4.47. The van der Waals surface area contributed by atoms with E-state index in [4.69, 9.17) is 0 Å². The number of aromatic nitrogens is 2. The fraction of sp³-hybridized carbons (Fsp3) is 0.818. The monoisotopic (exact) mass is 225 g/mol. The smallest absolute Gasteiger partial charge is 0.202 e. The third kappa shape index (κ3) is 2.68. The van der Waals surface area contributed by atoms with E-state index in [0.717, 1.165) is 23.9 Å². The van der Waals surface area contributed by atoms with Crippen LogP contribution in [-0.2, 0) is 6.42 Å². The Labute approximate surface area is 95.5 Å². The molecule has 1 aromatic heterocycles. The fourth-order valence-electron chi connectivity index (χ4n) is 1.95. The largest absolute Gasteiger partial charge is 0.360 e. The van der Waals surface area contributed by atoms with Crippen molar-refractivity contribution in [1.29, 1.82) is 0 Å². The molecule has 15 heavy (non-hydrogen) atoms. The normalized spacial score (nSPS) is 17.7. The summed E-state index contributed by atoms with van der Waals surface area (Å²) in [6.45, 7) is 5.44. The highest BCUT2D eigenvalue weighted by Gasteiger charge is 2.41. The minimum Gasteiger partial charge on any atom is -0.360 e. The lowest BCUT2D eigenvalue weighted by Crippen LogP contribution is -2.15. The van der Waals surface area contributed by atoms with Gasteiger partial charge in [-0.2, -0.15) is 4.37 Å². The van der Waals surface area contributed by atoms with Crippen LogP contribution in [0.1, 0.15) is 45.4 Å². The van der Waals surface area contributed by atoms with Crippen LogP contribution in [0.5, 0.6) is 0 Å². The van der Waals surface area contributed by atoms with Crippen molar-refractivity contribution in [3.8, 4) is 0 Å². The Morgan fingerprint density at radius 3 is 2.73 bits per heavy atom. The highest BCUT2D eigenvalue weighted by atomic mass is 32.1. The van der Waals surface area contributed by atoms with E-state index in [0.29, 0.717) is 5.41 Å². The lowest BCUT2D eigenvalue weighted by Gasteiger charge is -2.13. The van der Waals surface area contributed by atoms with Gasteiger partial charge in [-0.15, -0.1) is 0 Å². The predicted molar refractivity (Wildman–Crippen MR) is 64.4 cm³/mol. The summed E-state index contributed by atoms with van der Waals surface area (Å²) in [5, 5.41) is 4.43. The molecular weight excluding hydrogens is 206 g/mol. The van der Waals surface area contributed by atoms with Crippen LogP contribution >= 0.6 is 11.5 Å². The maximum absolute atomic E-state index is 4.42. The first-order chi connectivity index (χ1) is 7.28. The number of nitrogens with one attached hydrogen (secondary N) is 1. The van der Waals surface area contributed by atoms with Gasteiger partial charge in [0.1, 0.15) is 5.82 Å². The van der Waals surface area contributed by atoms with Gasteiger partial charge in [-0.05, 0) is 24.7 Å². The fourth-order valence-corrected chi connectivity index (χ4v) is 2.60. The highest BCUT2D eigenvalue weighted by Crippen LogP contribution is 2.49. The van der Waals surface area contributed by atoms with Gasteiger partial charge in [0, 0.05) is 24.5 Å². The highest BCUT2D eigenvalue weighted by molar-refractivity contribution is 7.09. The molecule has 1 aromatic rings. The standard InChI is InChI=1S/C11H19N3S/c1-3-5-11(6-7-11)8-12-10-13-9(4-2)14-15-10/h3-8H2,1-2H3,(H,12,13,14). The number of aryl methyl sites for hydroxylation is 1. The molecule has 0 aliphatic heterocycles. The van der Waals surface area contributed by atoms with Gasteiger partial charge in [0.25, 0.3) is 0 Å². The van der Waals surface area contributed by atoms with E-state index < -0.39 is 0 Å². The summed E-state index contributed by atoms with van der Waals surface area (Å²) in [7, 11) is 0. The second kappa shape index (κ2) is 4.47. The zero-order valence-electron chi connectivity index (χ0n) is 9.55. The molecule has 1 aliphatic carbocycles. The quantitative estimate of drug-likeness (QED) is 0.808. The molecule has 0 atom stereocenters. The Morgan fingerprint density at radius 1 is 1.40 bits per heavy atom. The number of anilines is 1. The van der Waals surface area contributed by atoms with Crippen LogP contribution in [0.3, 0.4) is 0 Å². The maximum atomic E-state index is 4.42. The zero-order valence-corrected chi connectivity index (χ0v) is 10.4. The van der Waals surface area contributed by atoms with Gasteiger partial charge in [0.15, 0.2) is 0 Å². The summed E-state index contributed by atoms with van der Waals surface area (Å²) in [6.07, 6.45) is 6.33. The minimum absolute atomic E-state index is 0.590. The molecule has 2 rings (SSSR count). The van der Waals surface area contributed by atoms with Crippen LogP contribution in [0.4, 0.5) is 5.13 Å². The Hall–Kier alpha value is -0.640. The van der Waals surface area contributed by atoms with Crippen LogP contribution in [0, 0.1) is 5.41 Å². The predicted octanol–water partition coefficient (Wildman–Crippen LogP) is 3.09. The Morgan fingerprint density at radius 2 is 2.20 bits per heavy atom. The molecule has 0 amide bonds. The molecule has 84 valence electrons. The first-order valence-corrected chi connectivity index (χ1v) is 6.62. The molecule has 1 heterocycles. The van der Waals surface area contributed by atoms with Crippen LogP contribution in [0.15, 0.2) is 0 Å². The van der Waals surface area contributed by atoms with E-state index in [2.05, 4.69) is 28.5 Å². The van der Waals surface area contributed by atoms with Crippen molar-refractivity contribution in [1.82, 2.24) is 9.36 Å². The molecule has 0 spiro atoms. The topological polar surface area (TPSA) is 37.8 Å². The summed E-state index contributed by atoms with van der Waals surface area (Å²) in [5.41, 5.74) is 0.590. The molecule has 0 aromatic carbocycles. The molecular formula is C11H19N3S. The summed E-state index contributed by atoms with van der Waals surface area (Å²) < 4.78 is 4.27. The van der Waals surface area contributed by atoms with E-state index in [1.54, 1.807) is 0 Å². The molecule has 0 radical (unpaired) electrons. The van der Waals surface area contributed by atoms with E-state index in [9.17, 15) is 0 Å². The lowest BCUT2D eigenvalue weighted by atomic mass is 10.0. The SMILES string of the molecule is CCCC1(CNc2nc(CC)ns2)CC1. The van der Waals surface area contributed by atoms with Gasteiger partial charge in [0.05, 0.1) is 0 Å². The number of nitrogens with zero attached hydrogens (tertiary/aromatic N) is 2. The van der Waals surface area contributed by atoms with E-state index in [-0.39, 0.29) is 0 Å². The van der Waals surface area contributed by atoms with E-state index in [1.807, 2.05) is 0 Å². The number of rotatable bonds is 6. The lowest BCUT2D eigenvalue weighted by molar-refractivity contribution is 0.485. The first-order valence-electron chi connectivity index (χ1n) is 5.84. The van der Waals surface area contributed by atoms with Gasteiger partial charge in [-0.1, -0.05) is 20.3 Å². The zero-order chi connectivity index (χ0) is 10.7. The number of hydrogen-bond donors (Lipinski definition) is 1. The molecule has 0 saturated heterocycles. The van der Waals surface area contributed by atoms with Crippen LogP contribution in [0.2, 0.25) is 0 Å². The van der Waals surface area contributed by atoms with Crippen molar-refractivity contribution in [2.24, 2.45) is 5.41 Å². The summed E-state index contributed by atoms with van der Waals surface area (Å²) >= 11 is 1.49. The van der Waals surface area contributed by atoms with E-state index >= 15 is 0 Å². The van der Waals surface area contributed by atoms with Gasteiger partial charge in [-0.25, -0.2) is 4.98 Å². The Balaban J connectivity index is 1.82. The van der Waals surface area contributed by atoms with E-state index in [1.165, 1.54) is 37.2 Å². The number of hydrogen-bond acceptors (Lipinski definition) is 4. The molecule has 1 N–H and O–H groups in total. The van der Waals surface area contributed by atoms with Crippen LogP contribution in [-0.4, -0.2) is 15.9 Å². The molecule has 0 bridgehead atoms. The Bertz CT molecular complexity index is 317. The average Bonchev–Trinajstić information content (AvgIpc) is 2.86. The molecule has 1 saturated carbocycles. The van der Waals surface area contributed by atoms with Crippen molar-refractivity contribution in [2.75, 3.05) is 11.9 Å². The Kier molecular flexibility index (Phi) is 3.24. The summed E-state index contributed by atoms with van der Waals surface area (Å²) in [5.74, 6) is 0.961. The maximum Gasteiger partial charge on any atom is 0.202 e. The first kappa shape index (κ1) is 10.9. The van der Waals surface area contributed by atoms with Gasteiger partial charge >= 0.3 is 0 Å². The minimum atomic E-state index is 0.590. The van der Waals surface area contributed by atoms with Crippen molar-refractivity contribution >= 4 is 16.7 Å². The van der Waals surface area contributed by atoms with Gasteiger partial charge in [-0.3, -0.25) is 0 Å². The summed E-state index contributed by atoms with van der Waals surface area (Å²) in [4.78, 5) is 4.42. The van der Waals surface area contributed by atoms with Gasteiger partial charge in [0.2, 0.25) is 5.13 Å². The van der Waals surface area contributed by atoms with Crippen LogP contribution < -0.4 is 5.32 Å². The molecule has 4 heteroatoms.